The summed E-state index contributed by atoms with van der Waals surface area (Å²) in [5.74, 6) is -1.44. The van der Waals surface area contributed by atoms with Gasteiger partial charge in [-0.15, -0.1) is 0 Å². The van der Waals surface area contributed by atoms with Crippen molar-refractivity contribution in [1.29, 1.82) is 0 Å². The minimum absolute atomic E-state index is 0.0329. The highest BCUT2D eigenvalue weighted by Gasteiger charge is 2.38. The Morgan fingerprint density at radius 3 is 2.37 bits per heavy atom. The Kier molecular flexibility index (Phi) is 6.31. The van der Waals surface area contributed by atoms with Crippen molar-refractivity contribution in [3.63, 3.8) is 0 Å². The van der Waals surface area contributed by atoms with E-state index in [0.717, 1.165) is 12.8 Å². The molecule has 108 valence electrons. The lowest BCUT2D eigenvalue weighted by molar-refractivity contribution is -0.175. The molecule has 0 aliphatic carbocycles. The quantitative estimate of drug-likeness (QED) is 0.828. The lowest BCUT2D eigenvalue weighted by Gasteiger charge is -2.24. The van der Waals surface area contributed by atoms with Gasteiger partial charge in [0.05, 0.1) is 5.92 Å². The molecule has 1 atom stereocenters. The lowest BCUT2D eigenvalue weighted by atomic mass is 10.1. The normalized spacial score (nSPS) is 13.8. The second-order valence-electron chi connectivity index (χ2n) is 4.83. The van der Waals surface area contributed by atoms with E-state index >= 15 is 0 Å². The summed E-state index contributed by atoms with van der Waals surface area (Å²) in [5, 5.41) is 0. The van der Waals surface area contributed by atoms with Gasteiger partial charge in [-0.3, -0.25) is 0 Å². The van der Waals surface area contributed by atoms with Crippen molar-refractivity contribution in [2.45, 2.75) is 19.0 Å². The molecule has 2 N–H and O–H groups in total. The number of alkyl halides is 3. The Balaban J connectivity index is 2.29. The molecular formula is C14H21F3N2. The molecule has 0 radical (unpaired) electrons. The van der Waals surface area contributed by atoms with Crippen molar-refractivity contribution in [3.8, 4) is 0 Å². The number of nitrogens with two attached hydrogens (primary N) is 1. The van der Waals surface area contributed by atoms with Gasteiger partial charge in [-0.2, -0.15) is 13.2 Å². The maximum Gasteiger partial charge on any atom is 0.394 e. The van der Waals surface area contributed by atoms with Gasteiger partial charge in [-0.25, -0.2) is 0 Å². The lowest BCUT2D eigenvalue weighted by Crippen LogP contribution is -2.39. The Bertz CT molecular complexity index is 351. The number of benzene rings is 1. The van der Waals surface area contributed by atoms with E-state index in [1.54, 1.807) is 11.9 Å². The van der Waals surface area contributed by atoms with Crippen LogP contribution >= 0.6 is 0 Å². The number of nitrogens with zero attached hydrogens (tertiary/aromatic N) is 1. The molecule has 19 heavy (non-hydrogen) atoms. The molecular weight excluding hydrogens is 253 g/mol. The number of aryl methyl sites for hydroxylation is 1. The maximum absolute atomic E-state index is 12.6. The first-order chi connectivity index (χ1) is 8.93. The summed E-state index contributed by atoms with van der Waals surface area (Å²) in [4.78, 5) is 1.70. The van der Waals surface area contributed by atoms with Crippen molar-refractivity contribution >= 4 is 0 Å². The third-order valence-electron chi connectivity index (χ3n) is 3.13. The van der Waals surface area contributed by atoms with E-state index in [1.807, 2.05) is 30.3 Å². The molecule has 0 saturated heterocycles. The highest BCUT2D eigenvalue weighted by Crippen LogP contribution is 2.25. The van der Waals surface area contributed by atoms with Crippen LogP contribution in [0.2, 0.25) is 0 Å². The number of hydrogen-bond acceptors (Lipinski definition) is 2. The fraction of sp³-hybridized carbons (Fsp3) is 0.571. The molecule has 0 aliphatic heterocycles. The van der Waals surface area contributed by atoms with E-state index < -0.39 is 12.1 Å². The Hall–Kier alpha value is -1.07. The zero-order valence-corrected chi connectivity index (χ0v) is 11.2. The van der Waals surface area contributed by atoms with E-state index in [1.165, 1.54) is 5.56 Å². The summed E-state index contributed by atoms with van der Waals surface area (Å²) >= 11 is 0. The zero-order valence-electron chi connectivity index (χ0n) is 11.2. The molecule has 0 amide bonds. The molecule has 0 saturated carbocycles. The Labute approximate surface area is 112 Å². The van der Waals surface area contributed by atoms with Crippen molar-refractivity contribution in [2.75, 3.05) is 26.7 Å². The van der Waals surface area contributed by atoms with Gasteiger partial charge in [-0.1, -0.05) is 30.3 Å². The van der Waals surface area contributed by atoms with Gasteiger partial charge < -0.3 is 10.6 Å². The predicted octanol–water partition coefficient (Wildman–Crippen LogP) is 2.69. The molecule has 0 aromatic heterocycles. The fourth-order valence-electron chi connectivity index (χ4n) is 1.98. The van der Waals surface area contributed by atoms with E-state index in [2.05, 4.69) is 0 Å². The third-order valence-corrected chi connectivity index (χ3v) is 3.13. The average molecular weight is 274 g/mol. The van der Waals surface area contributed by atoms with Crippen LogP contribution in [0.4, 0.5) is 13.2 Å². The maximum atomic E-state index is 12.6. The molecule has 0 bridgehead atoms. The molecule has 0 aliphatic rings. The largest absolute Gasteiger partial charge is 0.394 e. The Morgan fingerprint density at radius 2 is 1.84 bits per heavy atom. The van der Waals surface area contributed by atoms with Crippen LogP contribution in [-0.2, 0) is 6.42 Å². The van der Waals surface area contributed by atoms with Gasteiger partial charge in [0.15, 0.2) is 0 Å². The first-order valence-corrected chi connectivity index (χ1v) is 6.42. The summed E-state index contributed by atoms with van der Waals surface area (Å²) in [7, 11) is 1.71. The van der Waals surface area contributed by atoms with Crippen LogP contribution in [-0.4, -0.2) is 37.8 Å². The molecule has 0 heterocycles. The minimum Gasteiger partial charge on any atom is -0.330 e. The molecule has 0 fully saturated rings. The third kappa shape index (κ3) is 6.07. The van der Waals surface area contributed by atoms with Gasteiger partial charge in [-0.05, 0) is 32.0 Å². The first-order valence-electron chi connectivity index (χ1n) is 6.42. The zero-order chi connectivity index (χ0) is 14.3. The second-order valence-corrected chi connectivity index (χ2v) is 4.83. The average Bonchev–Trinajstić information content (AvgIpc) is 2.36. The van der Waals surface area contributed by atoms with Gasteiger partial charge >= 0.3 is 6.18 Å². The first kappa shape index (κ1) is 16.0. The SMILES string of the molecule is CN(CCCc1ccccc1)CC(CN)C(F)(F)F. The van der Waals surface area contributed by atoms with Crippen molar-refractivity contribution in [1.82, 2.24) is 4.90 Å². The van der Waals surface area contributed by atoms with E-state index in [4.69, 9.17) is 5.73 Å². The van der Waals surface area contributed by atoms with Crippen LogP contribution in [0.1, 0.15) is 12.0 Å². The second kappa shape index (κ2) is 7.50. The van der Waals surface area contributed by atoms with Crippen molar-refractivity contribution in [2.24, 2.45) is 11.7 Å². The smallest absolute Gasteiger partial charge is 0.330 e. The molecule has 1 rings (SSSR count). The Morgan fingerprint density at radius 1 is 1.21 bits per heavy atom. The minimum atomic E-state index is -4.21. The monoisotopic (exact) mass is 274 g/mol. The van der Waals surface area contributed by atoms with Crippen LogP contribution in [0.3, 0.4) is 0 Å². The topological polar surface area (TPSA) is 29.3 Å². The summed E-state index contributed by atoms with van der Waals surface area (Å²) in [6.07, 6.45) is -2.48. The van der Waals surface area contributed by atoms with E-state index in [-0.39, 0.29) is 13.1 Å². The van der Waals surface area contributed by atoms with Crippen LogP contribution < -0.4 is 5.73 Å². The molecule has 5 heteroatoms. The van der Waals surface area contributed by atoms with Crippen molar-refractivity contribution in [3.05, 3.63) is 35.9 Å². The molecule has 1 aromatic carbocycles. The number of hydrogen-bond donors (Lipinski definition) is 1. The summed E-state index contributed by atoms with van der Waals surface area (Å²) < 4.78 is 37.7. The van der Waals surface area contributed by atoms with E-state index in [9.17, 15) is 13.2 Å². The molecule has 1 aromatic rings. The summed E-state index contributed by atoms with van der Waals surface area (Å²) in [6, 6.07) is 9.93. The van der Waals surface area contributed by atoms with Gasteiger partial charge in [0.25, 0.3) is 0 Å². The molecule has 0 spiro atoms. The van der Waals surface area contributed by atoms with Crippen molar-refractivity contribution < 1.29 is 13.2 Å². The number of halogens is 3. The standard InChI is InChI=1S/C14H21F3N2/c1-19(11-13(10-18)14(15,16)17)9-5-8-12-6-3-2-4-7-12/h2-4,6-7,13H,5,8-11,18H2,1H3. The molecule has 2 nitrogen and oxygen atoms in total. The van der Waals surface area contributed by atoms with Gasteiger partial charge in [0, 0.05) is 13.1 Å². The van der Waals surface area contributed by atoms with Crippen LogP contribution in [0, 0.1) is 5.92 Å². The van der Waals surface area contributed by atoms with Crippen LogP contribution in [0.25, 0.3) is 0 Å². The van der Waals surface area contributed by atoms with Crippen LogP contribution in [0.5, 0.6) is 0 Å². The predicted molar refractivity (Wildman–Crippen MR) is 70.9 cm³/mol. The fourth-order valence-corrected chi connectivity index (χ4v) is 1.98. The number of rotatable bonds is 7. The van der Waals surface area contributed by atoms with Gasteiger partial charge in [0.1, 0.15) is 0 Å². The van der Waals surface area contributed by atoms with Crippen LogP contribution in [0.15, 0.2) is 30.3 Å². The van der Waals surface area contributed by atoms with E-state index in [0.29, 0.717) is 6.54 Å². The van der Waals surface area contributed by atoms with Gasteiger partial charge in [0.2, 0.25) is 0 Å². The summed E-state index contributed by atoms with van der Waals surface area (Å²) in [5.41, 5.74) is 6.39. The highest BCUT2D eigenvalue weighted by atomic mass is 19.4. The molecule has 1 unspecified atom stereocenters. The highest BCUT2D eigenvalue weighted by molar-refractivity contribution is 5.14. The summed E-state index contributed by atoms with van der Waals surface area (Å²) in [6.45, 7) is 0.253.